The third kappa shape index (κ3) is 3.69. The number of aryl methyl sites for hydroxylation is 1. The van der Waals surface area contributed by atoms with Gasteiger partial charge in [0.15, 0.2) is 0 Å². The Bertz CT molecular complexity index is 591. The Balaban J connectivity index is 2.21. The van der Waals surface area contributed by atoms with Crippen LogP contribution in [0.5, 0.6) is 0 Å². The Labute approximate surface area is 126 Å². The molecule has 3 N–H and O–H groups in total. The van der Waals surface area contributed by atoms with Gasteiger partial charge in [0.05, 0.1) is 6.04 Å². The molecule has 0 radical (unpaired) electrons. The molecule has 1 atom stereocenters. The van der Waals surface area contributed by atoms with E-state index in [-0.39, 0.29) is 11.9 Å². The summed E-state index contributed by atoms with van der Waals surface area (Å²) in [5.74, 6) is 5.96. The molecule has 0 heterocycles. The van der Waals surface area contributed by atoms with Gasteiger partial charge in [-0.15, -0.1) is 0 Å². The minimum absolute atomic E-state index is 0.181. The number of nitrogens with one attached hydrogen (secondary N) is 1. The molecule has 2 nitrogen and oxygen atoms in total. The number of rotatable bonds is 5. The van der Waals surface area contributed by atoms with Crippen molar-refractivity contribution in [3.05, 3.63) is 70.5 Å². The molecule has 0 aliphatic rings. The molecule has 0 saturated heterocycles. The second kappa shape index (κ2) is 6.83. The Morgan fingerprint density at radius 1 is 1.10 bits per heavy atom. The van der Waals surface area contributed by atoms with Gasteiger partial charge in [-0.25, -0.2) is 4.39 Å². The Kier molecular flexibility index (Phi) is 5.10. The van der Waals surface area contributed by atoms with E-state index in [0.29, 0.717) is 23.5 Å². The van der Waals surface area contributed by atoms with Gasteiger partial charge in [0.25, 0.3) is 0 Å². The normalized spacial score (nSPS) is 12.7. The lowest BCUT2D eigenvalue weighted by molar-refractivity contribution is 0.507. The number of hydrogen-bond donors (Lipinski definition) is 2. The lowest BCUT2D eigenvalue weighted by atomic mass is 9.95. The molecule has 0 aliphatic heterocycles. The molecular formula is C18H23FN2. The largest absolute Gasteiger partial charge is 0.271 e. The van der Waals surface area contributed by atoms with Crippen molar-refractivity contribution >= 4 is 0 Å². The van der Waals surface area contributed by atoms with Gasteiger partial charge in [-0.05, 0) is 36.0 Å². The zero-order valence-electron chi connectivity index (χ0n) is 12.9. The first kappa shape index (κ1) is 15.7. The van der Waals surface area contributed by atoms with Gasteiger partial charge in [0.1, 0.15) is 5.82 Å². The average molecular weight is 286 g/mol. The Morgan fingerprint density at radius 2 is 1.76 bits per heavy atom. The highest BCUT2D eigenvalue weighted by Crippen LogP contribution is 2.23. The predicted octanol–water partition coefficient (Wildman–Crippen LogP) is 4.00. The number of hydrazine groups is 1. The van der Waals surface area contributed by atoms with E-state index < -0.39 is 0 Å². The summed E-state index contributed by atoms with van der Waals surface area (Å²) >= 11 is 0. The van der Waals surface area contributed by atoms with Crippen molar-refractivity contribution in [1.29, 1.82) is 0 Å². The smallest absolute Gasteiger partial charge is 0.130 e. The van der Waals surface area contributed by atoms with Crippen LogP contribution in [0.2, 0.25) is 0 Å². The molecule has 0 fully saturated rings. The van der Waals surface area contributed by atoms with Crippen LogP contribution in [-0.2, 0) is 6.42 Å². The molecule has 0 spiro atoms. The van der Waals surface area contributed by atoms with Crippen LogP contribution in [0.1, 0.15) is 48.1 Å². The average Bonchev–Trinajstić information content (AvgIpc) is 2.48. The fourth-order valence-electron chi connectivity index (χ4n) is 2.47. The van der Waals surface area contributed by atoms with E-state index in [0.717, 1.165) is 5.56 Å². The van der Waals surface area contributed by atoms with E-state index >= 15 is 0 Å². The summed E-state index contributed by atoms with van der Waals surface area (Å²) in [5.41, 5.74) is 6.44. The predicted molar refractivity (Wildman–Crippen MR) is 85.4 cm³/mol. The first-order valence-electron chi connectivity index (χ1n) is 7.33. The van der Waals surface area contributed by atoms with Crippen molar-refractivity contribution in [1.82, 2.24) is 5.43 Å². The fourth-order valence-corrected chi connectivity index (χ4v) is 2.47. The van der Waals surface area contributed by atoms with Gasteiger partial charge in [-0.2, -0.15) is 0 Å². The standard InChI is InChI=1S/C18H23FN2/c1-12(2)15-9-7-14(8-10-15)11-17(21-20)16-6-4-5-13(3)18(16)19/h4-10,12,17,21H,11,20H2,1-3H3. The number of hydrogen-bond acceptors (Lipinski definition) is 2. The highest BCUT2D eigenvalue weighted by atomic mass is 19.1. The van der Waals surface area contributed by atoms with Crippen LogP contribution in [0.4, 0.5) is 4.39 Å². The highest BCUT2D eigenvalue weighted by molar-refractivity contribution is 5.31. The topological polar surface area (TPSA) is 38.0 Å². The van der Waals surface area contributed by atoms with E-state index in [2.05, 4.69) is 43.5 Å². The van der Waals surface area contributed by atoms with Crippen LogP contribution >= 0.6 is 0 Å². The molecule has 112 valence electrons. The summed E-state index contributed by atoms with van der Waals surface area (Å²) in [4.78, 5) is 0. The fraction of sp³-hybridized carbons (Fsp3) is 0.333. The molecule has 0 amide bonds. The maximum atomic E-state index is 14.2. The van der Waals surface area contributed by atoms with Crippen molar-refractivity contribution in [2.75, 3.05) is 0 Å². The minimum atomic E-state index is -0.227. The molecule has 2 aromatic rings. The lowest BCUT2D eigenvalue weighted by Gasteiger charge is -2.18. The zero-order chi connectivity index (χ0) is 15.4. The first-order valence-corrected chi connectivity index (χ1v) is 7.33. The van der Waals surface area contributed by atoms with E-state index in [9.17, 15) is 4.39 Å². The summed E-state index contributed by atoms with van der Waals surface area (Å²) in [5, 5.41) is 0. The maximum absolute atomic E-state index is 14.2. The lowest BCUT2D eigenvalue weighted by Crippen LogP contribution is -2.30. The number of halogens is 1. The third-order valence-corrected chi connectivity index (χ3v) is 3.88. The second-order valence-electron chi connectivity index (χ2n) is 5.80. The van der Waals surface area contributed by atoms with E-state index in [1.807, 2.05) is 6.07 Å². The van der Waals surface area contributed by atoms with Crippen LogP contribution in [0.25, 0.3) is 0 Å². The summed E-state index contributed by atoms with van der Waals surface area (Å²) in [7, 11) is 0. The summed E-state index contributed by atoms with van der Waals surface area (Å²) in [6.45, 7) is 6.10. The number of benzene rings is 2. The van der Waals surface area contributed by atoms with Crippen LogP contribution < -0.4 is 11.3 Å². The van der Waals surface area contributed by atoms with Gasteiger partial charge < -0.3 is 0 Å². The van der Waals surface area contributed by atoms with Gasteiger partial charge in [0.2, 0.25) is 0 Å². The second-order valence-corrected chi connectivity index (χ2v) is 5.80. The Hall–Kier alpha value is -1.71. The summed E-state index contributed by atoms with van der Waals surface area (Å²) in [6, 6.07) is 13.6. The molecule has 3 heteroatoms. The first-order chi connectivity index (χ1) is 10.0. The number of nitrogens with two attached hydrogens (primary N) is 1. The molecule has 0 saturated carbocycles. The van der Waals surface area contributed by atoms with Crippen LogP contribution in [0, 0.1) is 12.7 Å². The van der Waals surface area contributed by atoms with Crippen LogP contribution in [0.3, 0.4) is 0 Å². The zero-order valence-corrected chi connectivity index (χ0v) is 12.9. The molecule has 2 aromatic carbocycles. The summed E-state index contributed by atoms with van der Waals surface area (Å²) in [6.07, 6.45) is 0.662. The molecule has 0 bridgehead atoms. The minimum Gasteiger partial charge on any atom is -0.271 e. The SMILES string of the molecule is Cc1cccc(C(Cc2ccc(C(C)C)cc2)NN)c1F. The molecule has 2 rings (SSSR count). The molecule has 0 aliphatic carbocycles. The highest BCUT2D eigenvalue weighted by Gasteiger charge is 2.16. The van der Waals surface area contributed by atoms with Gasteiger partial charge in [0, 0.05) is 5.56 Å². The molecule has 21 heavy (non-hydrogen) atoms. The quantitative estimate of drug-likeness (QED) is 0.644. The van der Waals surface area contributed by atoms with Crippen molar-refractivity contribution in [2.24, 2.45) is 5.84 Å². The van der Waals surface area contributed by atoms with Crippen molar-refractivity contribution < 1.29 is 4.39 Å². The van der Waals surface area contributed by atoms with Crippen LogP contribution in [-0.4, -0.2) is 0 Å². The van der Waals surface area contributed by atoms with Crippen molar-refractivity contribution in [2.45, 2.75) is 39.2 Å². The summed E-state index contributed by atoms with van der Waals surface area (Å²) < 4.78 is 14.2. The monoisotopic (exact) mass is 286 g/mol. The van der Waals surface area contributed by atoms with Gasteiger partial charge >= 0.3 is 0 Å². The maximum Gasteiger partial charge on any atom is 0.130 e. The Morgan fingerprint density at radius 3 is 2.33 bits per heavy atom. The van der Waals surface area contributed by atoms with E-state index in [1.54, 1.807) is 19.1 Å². The molecular weight excluding hydrogens is 263 g/mol. The molecule has 1 unspecified atom stereocenters. The van der Waals surface area contributed by atoms with Crippen molar-refractivity contribution in [3.8, 4) is 0 Å². The van der Waals surface area contributed by atoms with E-state index in [1.165, 1.54) is 5.56 Å². The van der Waals surface area contributed by atoms with Crippen LogP contribution in [0.15, 0.2) is 42.5 Å². The molecule has 0 aromatic heterocycles. The van der Waals surface area contributed by atoms with Gasteiger partial charge in [-0.3, -0.25) is 11.3 Å². The van der Waals surface area contributed by atoms with Crippen molar-refractivity contribution in [3.63, 3.8) is 0 Å². The third-order valence-electron chi connectivity index (χ3n) is 3.88. The van der Waals surface area contributed by atoms with Gasteiger partial charge in [-0.1, -0.05) is 56.3 Å². The van der Waals surface area contributed by atoms with E-state index in [4.69, 9.17) is 5.84 Å².